The molecule has 236 valence electrons. The van der Waals surface area contributed by atoms with Gasteiger partial charge in [0.1, 0.15) is 11.5 Å². The second-order valence-electron chi connectivity index (χ2n) is 10.4. The number of carbonyl (C=O) groups is 4. The number of likely N-dealkylation sites (tertiary alicyclic amines) is 1. The summed E-state index contributed by atoms with van der Waals surface area (Å²) in [4.78, 5) is 40.9. The molecule has 3 unspecified atom stereocenters. The van der Waals surface area contributed by atoms with Crippen LogP contribution in [0.15, 0.2) is 71.3 Å². The van der Waals surface area contributed by atoms with Gasteiger partial charge in [-0.2, -0.15) is 0 Å². The monoisotopic (exact) mass is 613 g/mol. The molecule has 44 heavy (non-hydrogen) atoms. The lowest BCUT2D eigenvalue weighted by molar-refractivity contribution is -0.134. The standard InChI is InChI=1S/C23H28FN3O.2C4H4O4/c1-2-20-18-6-4-3-5-16(18)9-14-27(20)23(10-12-25-13-11-23)22-19-8-7-17(24)15-21(19)28-26-22;2*5-3(6)1-2-4(7)8/h3-8,15-16,18,20,25H,2,9-14H2,1H3;2*1-2H,(H,5,6)(H,7,8)/b;2*2-1+. The predicted octanol–water partition coefficient (Wildman–Crippen LogP) is 3.81. The first kappa shape index (κ1) is 33.9. The molecular weight excluding hydrogens is 577 g/mol. The van der Waals surface area contributed by atoms with Gasteiger partial charge in [-0.25, -0.2) is 23.6 Å². The van der Waals surface area contributed by atoms with E-state index in [1.54, 1.807) is 0 Å². The number of nitrogens with one attached hydrogen (secondary N) is 1. The van der Waals surface area contributed by atoms with Gasteiger partial charge in [0.05, 0.1) is 5.54 Å². The second-order valence-corrected chi connectivity index (χ2v) is 10.4. The summed E-state index contributed by atoms with van der Waals surface area (Å²) < 4.78 is 19.3. The van der Waals surface area contributed by atoms with Gasteiger partial charge >= 0.3 is 23.9 Å². The molecule has 1 aliphatic carbocycles. The van der Waals surface area contributed by atoms with Gasteiger partial charge in [-0.15, -0.1) is 0 Å². The Kier molecular flexibility index (Phi) is 12.1. The fraction of sp³-hybridized carbons (Fsp3) is 0.387. The summed E-state index contributed by atoms with van der Waals surface area (Å²) in [7, 11) is 0. The topological polar surface area (TPSA) is 190 Å². The Labute approximate surface area is 252 Å². The molecule has 3 heterocycles. The largest absolute Gasteiger partial charge is 0.478 e. The third-order valence-corrected chi connectivity index (χ3v) is 7.86. The van der Waals surface area contributed by atoms with E-state index < -0.39 is 23.9 Å². The van der Waals surface area contributed by atoms with Crippen molar-refractivity contribution in [2.24, 2.45) is 11.8 Å². The van der Waals surface area contributed by atoms with E-state index in [9.17, 15) is 23.6 Å². The Morgan fingerprint density at radius 2 is 1.55 bits per heavy atom. The zero-order valence-corrected chi connectivity index (χ0v) is 24.1. The van der Waals surface area contributed by atoms with E-state index in [4.69, 9.17) is 24.9 Å². The van der Waals surface area contributed by atoms with Gasteiger partial charge in [0.15, 0.2) is 5.58 Å². The van der Waals surface area contributed by atoms with Gasteiger partial charge in [-0.1, -0.05) is 36.4 Å². The van der Waals surface area contributed by atoms with Gasteiger partial charge in [-0.3, -0.25) is 4.90 Å². The smallest absolute Gasteiger partial charge is 0.328 e. The average Bonchev–Trinajstić information content (AvgIpc) is 3.43. The van der Waals surface area contributed by atoms with Crippen molar-refractivity contribution in [1.82, 2.24) is 15.4 Å². The molecule has 12 nitrogen and oxygen atoms in total. The quantitative estimate of drug-likeness (QED) is 0.284. The van der Waals surface area contributed by atoms with Gasteiger partial charge in [-0.05, 0) is 69.3 Å². The van der Waals surface area contributed by atoms with Crippen molar-refractivity contribution in [2.45, 2.75) is 44.2 Å². The van der Waals surface area contributed by atoms with Crippen LogP contribution in [0.3, 0.4) is 0 Å². The first-order chi connectivity index (χ1) is 21.0. The molecule has 5 rings (SSSR count). The lowest BCUT2D eigenvalue weighted by Crippen LogP contribution is -2.60. The number of rotatable bonds is 7. The van der Waals surface area contributed by atoms with E-state index in [0.29, 0.717) is 47.8 Å². The van der Waals surface area contributed by atoms with E-state index in [-0.39, 0.29) is 11.4 Å². The molecule has 3 atom stereocenters. The first-order valence-corrected chi connectivity index (χ1v) is 14.1. The number of hydrogen-bond donors (Lipinski definition) is 5. The van der Waals surface area contributed by atoms with Crippen LogP contribution in [0, 0.1) is 17.7 Å². The summed E-state index contributed by atoms with van der Waals surface area (Å²) in [6.07, 6.45) is 15.7. The van der Waals surface area contributed by atoms with E-state index in [0.717, 1.165) is 50.0 Å². The van der Waals surface area contributed by atoms with Gasteiger partial charge < -0.3 is 30.3 Å². The third kappa shape index (κ3) is 8.71. The Bertz CT molecular complexity index is 1390. The lowest BCUT2D eigenvalue weighted by atomic mass is 9.71. The molecule has 0 saturated carbocycles. The van der Waals surface area contributed by atoms with Gasteiger partial charge in [0.2, 0.25) is 0 Å². The predicted molar refractivity (Wildman–Crippen MR) is 157 cm³/mol. The van der Waals surface area contributed by atoms with Crippen LogP contribution in [0.2, 0.25) is 0 Å². The number of hydrogen-bond acceptors (Lipinski definition) is 8. The first-order valence-electron chi connectivity index (χ1n) is 14.1. The highest BCUT2D eigenvalue weighted by Gasteiger charge is 2.49. The van der Waals surface area contributed by atoms with E-state index in [2.05, 4.69) is 46.6 Å². The summed E-state index contributed by atoms with van der Waals surface area (Å²) >= 11 is 0. The minimum Gasteiger partial charge on any atom is -0.478 e. The van der Waals surface area contributed by atoms with Crippen molar-refractivity contribution in [3.8, 4) is 0 Å². The fourth-order valence-electron chi connectivity index (χ4n) is 6.09. The average molecular weight is 614 g/mol. The molecule has 2 saturated heterocycles. The van der Waals surface area contributed by atoms with Crippen LogP contribution in [0.5, 0.6) is 0 Å². The molecule has 0 radical (unpaired) electrons. The SMILES string of the molecule is CCC1C2C=CC=CC2CCN1C1(c2noc3cc(F)ccc23)CCNCC1.O=C(O)/C=C/C(=O)O.O=C(O)/C=C/C(=O)O. The summed E-state index contributed by atoms with van der Waals surface area (Å²) in [6.45, 7) is 5.29. The zero-order valence-electron chi connectivity index (χ0n) is 24.1. The van der Waals surface area contributed by atoms with Crippen LogP contribution in [0.1, 0.15) is 38.3 Å². The van der Waals surface area contributed by atoms with Gasteiger partial charge in [0.25, 0.3) is 0 Å². The molecule has 0 spiro atoms. The molecule has 0 bridgehead atoms. The minimum absolute atomic E-state index is 0.158. The maximum atomic E-state index is 13.7. The lowest BCUT2D eigenvalue weighted by Gasteiger charge is -2.54. The third-order valence-electron chi connectivity index (χ3n) is 7.86. The highest BCUT2D eigenvalue weighted by Crippen LogP contribution is 2.47. The number of piperidine rings is 2. The zero-order chi connectivity index (χ0) is 32.3. The highest BCUT2D eigenvalue weighted by molar-refractivity contribution is 5.90. The van der Waals surface area contributed by atoms with Crippen LogP contribution >= 0.6 is 0 Å². The molecule has 3 aliphatic rings. The summed E-state index contributed by atoms with van der Waals surface area (Å²) in [5, 5.41) is 40.3. The fourth-order valence-corrected chi connectivity index (χ4v) is 6.09. The van der Waals surface area contributed by atoms with Crippen molar-refractivity contribution in [2.75, 3.05) is 19.6 Å². The number of fused-ring (bicyclic) bond motifs is 2. The molecule has 2 aromatic rings. The summed E-state index contributed by atoms with van der Waals surface area (Å²) in [6, 6.07) is 5.30. The number of aliphatic carboxylic acids is 4. The molecular formula is C31H36FN3O9. The Morgan fingerprint density at radius 3 is 2.09 bits per heavy atom. The van der Waals surface area contributed by atoms with Crippen LogP contribution in [-0.4, -0.2) is 80.0 Å². The normalized spacial score (nSPS) is 22.5. The van der Waals surface area contributed by atoms with Crippen molar-refractivity contribution < 1.29 is 48.5 Å². The maximum Gasteiger partial charge on any atom is 0.328 e. The molecule has 2 fully saturated rings. The highest BCUT2D eigenvalue weighted by atomic mass is 19.1. The van der Waals surface area contributed by atoms with E-state index in [1.807, 2.05) is 6.07 Å². The number of nitrogens with zero attached hydrogens (tertiary/aromatic N) is 2. The van der Waals surface area contributed by atoms with Crippen molar-refractivity contribution in [1.29, 1.82) is 0 Å². The molecule has 0 amide bonds. The van der Waals surface area contributed by atoms with Crippen LogP contribution < -0.4 is 5.32 Å². The van der Waals surface area contributed by atoms with Crippen LogP contribution in [-0.2, 0) is 24.7 Å². The van der Waals surface area contributed by atoms with Gasteiger partial charge in [0, 0.05) is 41.8 Å². The molecule has 1 aromatic carbocycles. The minimum atomic E-state index is -1.26. The number of carboxylic acids is 4. The van der Waals surface area contributed by atoms with Crippen molar-refractivity contribution >= 4 is 34.8 Å². The van der Waals surface area contributed by atoms with Crippen LogP contribution in [0.25, 0.3) is 11.0 Å². The van der Waals surface area contributed by atoms with Crippen LogP contribution in [0.4, 0.5) is 4.39 Å². The molecule has 5 N–H and O–H groups in total. The molecule has 1 aromatic heterocycles. The number of allylic oxidation sites excluding steroid dienone is 3. The number of aromatic nitrogens is 1. The Hall–Kier alpha value is -4.62. The van der Waals surface area contributed by atoms with Crippen molar-refractivity contribution in [3.63, 3.8) is 0 Å². The number of benzene rings is 1. The van der Waals surface area contributed by atoms with Crippen molar-refractivity contribution in [3.05, 3.63) is 78.3 Å². The molecule has 2 aliphatic heterocycles. The Morgan fingerprint density at radius 1 is 0.977 bits per heavy atom. The number of halogens is 1. The summed E-state index contributed by atoms with van der Waals surface area (Å²) in [5.74, 6) is -4.13. The van der Waals surface area contributed by atoms with E-state index >= 15 is 0 Å². The Balaban J connectivity index is 0.000000275. The molecule has 13 heteroatoms. The summed E-state index contributed by atoms with van der Waals surface area (Å²) in [5.41, 5.74) is 1.39. The van der Waals surface area contributed by atoms with E-state index in [1.165, 1.54) is 18.6 Å². The second kappa shape index (κ2) is 15.7. The maximum absolute atomic E-state index is 13.7. The number of carboxylic acid groups (broad SMARTS) is 4.